The Kier molecular flexibility index (Phi) is 2.70. The molecule has 0 bridgehead atoms. The number of para-hydroxylation sites is 1. The van der Waals surface area contributed by atoms with Crippen molar-refractivity contribution in [3.63, 3.8) is 0 Å². The Balaban J connectivity index is 2.36. The third kappa shape index (κ3) is 2.00. The highest BCUT2D eigenvalue weighted by Crippen LogP contribution is 2.38. The molecule has 82 valence electrons. The molecule has 0 aromatic heterocycles. The molecule has 0 radical (unpaired) electrons. The first kappa shape index (κ1) is 10.5. The molecule has 2 rings (SSSR count). The van der Waals surface area contributed by atoms with E-state index in [0.717, 1.165) is 25.2 Å². The largest absolute Gasteiger partial charge is 0.493 e. The van der Waals surface area contributed by atoms with E-state index >= 15 is 0 Å². The van der Waals surface area contributed by atoms with Gasteiger partial charge in [0.25, 0.3) is 0 Å². The highest BCUT2D eigenvalue weighted by molar-refractivity contribution is 5.40. The van der Waals surface area contributed by atoms with E-state index in [4.69, 9.17) is 10.5 Å². The summed E-state index contributed by atoms with van der Waals surface area (Å²) < 4.78 is 5.62. The SMILES string of the molecule is CC(C)CC1(N)CCOc2ccccc21. The summed E-state index contributed by atoms with van der Waals surface area (Å²) in [5, 5.41) is 0. The van der Waals surface area contributed by atoms with Gasteiger partial charge >= 0.3 is 0 Å². The highest BCUT2D eigenvalue weighted by Gasteiger charge is 2.33. The number of benzene rings is 1. The van der Waals surface area contributed by atoms with Gasteiger partial charge in [-0.1, -0.05) is 32.0 Å². The van der Waals surface area contributed by atoms with Gasteiger partial charge in [-0.3, -0.25) is 0 Å². The molecule has 0 saturated heterocycles. The van der Waals surface area contributed by atoms with E-state index in [0.29, 0.717) is 5.92 Å². The first-order chi connectivity index (χ1) is 7.12. The summed E-state index contributed by atoms with van der Waals surface area (Å²) in [5.74, 6) is 1.58. The molecule has 1 atom stereocenters. The van der Waals surface area contributed by atoms with Crippen LogP contribution in [0.5, 0.6) is 5.75 Å². The number of nitrogens with two attached hydrogens (primary N) is 1. The molecule has 2 heteroatoms. The second kappa shape index (κ2) is 3.86. The van der Waals surface area contributed by atoms with Crippen LogP contribution >= 0.6 is 0 Å². The Bertz CT molecular complexity index is 348. The highest BCUT2D eigenvalue weighted by atomic mass is 16.5. The van der Waals surface area contributed by atoms with E-state index in [9.17, 15) is 0 Å². The zero-order valence-electron chi connectivity index (χ0n) is 9.49. The van der Waals surface area contributed by atoms with E-state index in [-0.39, 0.29) is 5.54 Å². The van der Waals surface area contributed by atoms with Crippen LogP contribution in [0.3, 0.4) is 0 Å². The zero-order valence-corrected chi connectivity index (χ0v) is 9.49. The lowest BCUT2D eigenvalue weighted by atomic mass is 9.79. The Morgan fingerprint density at radius 3 is 2.87 bits per heavy atom. The summed E-state index contributed by atoms with van der Waals surface area (Å²) in [6.07, 6.45) is 1.94. The van der Waals surface area contributed by atoms with Crippen LogP contribution in [0.2, 0.25) is 0 Å². The van der Waals surface area contributed by atoms with Crippen molar-refractivity contribution in [2.75, 3.05) is 6.61 Å². The average molecular weight is 205 g/mol. The fourth-order valence-corrected chi connectivity index (χ4v) is 2.42. The number of hydrogen-bond acceptors (Lipinski definition) is 2. The van der Waals surface area contributed by atoms with E-state index in [1.165, 1.54) is 5.56 Å². The van der Waals surface area contributed by atoms with Crippen LogP contribution in [0, 0.1) is 5.92 Å². The lowest BCUT2D eigenvalue weighted by molar-refractivity contribution is 0.195. The smallest absolute Gasteiger partial charge is 0.124 e. The first-order valence-corrected chi connectivity index (χ1v) is 5.63. The topological polar surface area (TPSA) is 35.2 Å². The molecule has 0 aliphatic carbocycles. The van der Waals surface area contributed by atoms with Crippen molar-refractivity contribution < 1.29 is 4.74 Å². The van der Waals surface area contributed by atoms with E-state index < -0.39 is 0 Å². The predicted molar refractivity (Wildman–Crippen MR) is 61.9 cm³/mol. The molecule has 2 nitrogen and oxygen atoms in total. The first-order valence-electron chi connectivity index (χ1n) is 5.63. The van der Waals surface area contributed by atoms with Crippen molar-refractivity contribution in [3.05, 3.63) is 29.8 Å². The fraction of sp³-hybridized carbons (Fsp3) is 0.538. The maximum atomic E-state index is 6.49. The van der Waals surface area contributed by atoms with Gasteiger partial charge < -0.3 is 10.5 Å². The second-order valence-corrected chi connectivity index (χ2v) is 4.85. The Hall–Kier alpha value is -1.02. The molecule has 1 aliphatic rings. The van der Waals surface area contributed by atoms with Crippen LogP contribution in [0.25, 0.3) is 0 Å². The summed E-state index contributed by atoms with van der Waals surface area (Å²) in [5.41, 5.74) is 7.47. The molecule has 0 fully saturated rings. The van der Waals surface area contributed by atoms with Crippen molar-refractivity contribution in [2.45, 2.75) is 32.2 Å². The minimum absolute atomic E-state index is 0.191. The molecule has 1 aromatic carbocycles. The Morgan fingerprint density at radius 2 is 2.13 bits per heavy atom. The monoisotopic (exact) mass is 205 g/mol. The molecular formula is C13H19NO. The van der Waals surface area contributed by atoms with Crippen LogP contribution < -0.4 is 10.5 Å². The standard InChI is InChI=1S/C13H19NO/c1-10(2)9-13(14)7-8-15-12-6-4-3-5-11(12)13/h3-6,10H,7-9,14H2,1-2H3. The summed E-state index contributed by atoms with van der Waals surface area (Å²) in [6, 6.07) is 8.14. The average Bonchev–Trinajstić information content (AvgIpc) is 2.17. The molecule has 15 heavy (non-hydrogen) atoms. The number of rotatable bonds is 2. The van der Waals surface area contributed by atoms with Gasteiger partial charge in [0, 0.05) is 17.5 Å². The van der Waals surface area contributed by atoms with Gasteiger partial charge in [0.1, 0.15) is 5.75 Å². The van der Waals surface area contributed by atoms with Gasteiger partial charge in [0.15, 0.2) is 0 Å². The quantitative estimate of drug-likeness (QED) is 0.805. The lowest BCUT2D eigenvalue weighted by Gasteiger charge is -2.36. The second-order valence-electron chi connectivity index (χ2n) is 4.85. The maximum Gasteiger partial charge on any atom is 0.124 e. The third-order valence-electron chi connectivity index (χ3n) is 3.00. The summed E-state index contributed by atoms with van der Waals surface area (Å²) in [7, 11) is 0. The van der Waals surface area contributed by atoms with E-state index in [1.807, 2.05) is 18.2 Å². The number of fused-ring (bicyclic) bond motifs is 1. The summed E-state index contributed by atoms with van der Waals surface area (Å²) >= 11 is 0. The Morgan fingerprint density at radius 1 is 1.40 bits per heavy atom. The molecular weight excluding hydrogens is 186 g/mol. The van der Waals surface area contributed by atoms with Gasteiger partial charge in [-0.25, -0.2) is 0 Å². The van der Waals surface area contributed by atoms with Crippen molar-refractivity contribution in [2.24, 2.45) is 11.7 Å². The molecule has 1 aromatic rings. The molecule has 1 heterocycles. The van der Waals surface area contributed by atoms with Gasteiger partial charge in [0.05, 0.1) is 6.61 Å². The minimum atomic E-state index is -0.191. The van der Waals surface area contributed by atoms with Gasteiger partial charge in [0.2, 0.25) is 0 Å². The zero-order chi connectivity index (χ0) is 10.9. The van der Waals surface area contributed by atoms with Gasteiger partial charge in [-0.2, -0.15) is 0 Å². The molecule has 1 unspecified atom stereocenters. The minimum Gasteiger partial charge on any atom is -0.493 e. The van der Waals surface area contributed by atoms with Crippen LogP contribution in [0.1, 0.15) is 32.3 Å². The van der Waals surface area contributed by atoms with Crippen LogP contribution in [0.15, 0.2) is 24.3 Å². The third-order valence-corrected chi connectivity index (χ3v) is 3.00. The Labute approximate surface area is 91.4 Å². The van der Waals surface area contributed by atoms with Crippen LogP contribution in [-0.4, -0.2) is 6.61 Å². The van der Waals surface area contributed by atoms with E-state index in [2.05, 4.69) is 19.9 Å². The van der Waals surface area contributed by atoms with Gasteiger partial charge in [-0.15, -0.1) is 0 Å². The molecule has 2 N–H and O–H groups in total. The van der Waals surface area contributed by atoms with Crippen molar-refractivity contribution in [3.8, 4) is 5.75 Å². The van der Waals surface area contributed by atoms with Crippen molar-refractivity contribution in [1.29, 1.82) is 0 Å². The molecule has 0 amide bonds. The van der Waals surface area contributed by atoms with Crippen LogP contribution in [0.4, 0.5) is 0 Å². The molecule has 1 aliphatic heterocycles. The lowest BCUT2D eigenvalue weighted by Crippen LogP contribution is -2.42. The van der Waals surface area contributed by atoms with Crippen LogP contribution in [-0.2, 0) is 5.54 Å². The molecule has 0 spiro atoms. The van der Waals surface area contributed by atoms with E-state index in [1.54, 1.807) is 0 Å². The molecule has 0 saturated carbocycles. The maximum absolute atomic E-state index is 6.49. The number of hydrogen-bond donors (Lipinski definition) is 1. The normalized spacial score (nSPS) is 24.8. The predicted octanol–water partition coefficient (Wildman–Crippen LogP) is 2.67. The van der Waals surface area contributed by atoms with Gasteiger partial charge in [-0.05, 0) is 18.4 Å². The fourth-order valence-electron chi connectivity index (χ4n) is 2.42. The summed E-state index contributed by atoms with van der Waals surface area (Å²) in [4.78, 5) is 0. The van der Waals surface area contributed by atoms with Crippen molar-refractivity contribution >= 4 is 0 Å². The van der Waals surface area contributed by atoms with Crippen molar-refractivity contribution in [1.82, 2.24) is 0 Å². The number of ether oxygens (including phenoxy) is 1. The summed E-state index contributed by atoms with van der Waals surface area (Å²) in [6.45, 7) is 5.17.